The van der Waals surface area contributed by atoms with Gasteiger partial charge in [0.15, 0.2) is 0 Å². The normalized spacial score (nSPS) is 12.6. The molecule has 0 saturated heterocycles. The predicted molar refractivity (Wildman–Crippen MR) is 185 cm³/mol. The molecule has 0 aromatic heterocycles. The molecule has 44 heavy (non-hydrogen) atoms. The first kappa shape index (κ1) is 41.4. The summed E-state index contributed by atoms with van der Waals surface area (Å²) >= 11 is 0. The maximum absolute atomic E-state index is 12.6. The Morgan fingerprint density at radius 2 is 1.09 bits per heavy atom. The first-order valence-electron chi connectivity index (χ1n) is 17.8. The van der Waals surface area contributed by atoms with Crippen LogP contribution >= 0.6 is 0 Å². The average Bonchev–Trinajstić information content (AvgIpc) is 3.00. The van der Waals surface area contributed by atoms with Crippen LogP contribution in [0.2, 0.25) is 0 Å². The summed E-state index contributed by atoms with van der Waals surface area (Å²) < 4.78 is 5.87. The summed E-state index contributed by atoms with van der Waals surface area (Å²) in [5, 5.41) is 11.0. The van der Waals surface area contributed by atoms with Gasteiger partial charge in [0, 0.05) is 12.8 Å². The molecule has 1 atom stereocenters. The summed E-state index contributed by atoms with van der Waals surface area (Å²) in [6.45, 7) is 4.07. The van der Waals surface area contributed by atoms with Crippen molar-refractivity contribution in [3.63, 3.8) is 0 Å². The molecule has 0 radical (unpaired) electrons. The van der Waals surface area contributed by atoms with Crippen LogP contribution in [0.4, 0.5) is 0 Å². The van der Waals surface area contributed by atoms with Crippen molar-refractivity contribution >= 4 is 17.8 Å². The van der Waals surface area contributed by atoms with Gasteiger partial charge in [-0.1, -0.05) is 140 Å². The maximum Gasteiger partial charge on any atom is 0.322 e. The third-order valence-electron chi connectivity index (χ3n) is 7.50. The molecule has 6 heteroatoms. The van der Waals surface area contributed by atoms with Crippen molar-refractivity contribution < 1.29 is 24.2 Å². The number of carboxylic acid groups (broad SMARTS) is 1. The summed E-state index contributed by atoms with van der Waals surface area (Å²) in [5.74, 6) is -1.34. The van der Waals surface area contributed by atoms with Crippen LogP contribution in [0.1, 0.15) is 162 Å². The third-order valence-corrected chi connectivity index (χ3v) is 7.50. The number of nitrogens with one attached hydrogen (secondary N) is 1. The number of hydrogen-bond acceptors (Lipinski definition) is 4. The Hall–Kier alpha value is -2.63. The Kier molecular flexibility index (Phi) is 31.3. The lowest BCUT2D eigenvalue weighted by Gasteiger charge is -2.14. The van der Waals surface area contributed by atoms with Gasteiger partial charge < -0.3 is 15.2 Å². The molecular formula is C38H65NO5. The third kappa shape index (κ3) is 32.3. The molecule has 0 aromatic rings. The number of unbranched alkanes of at least 4 members (excludes halogenated alkanes) is 14. The number of esters is 1. The zero-order valence-electron chi connectivity index (χ0n) is 28.2. The highest BCUT2D eigenvalue weighted by molar-refractivity contribution is 5.80. The van der Waals surface area contributed by atoms with E-state index in [1.54, 1.807) is 0 Å². The summed E-state index contributed by atoms with van der Waals surface area (Å²) in [6, 6.07) is 0. The van der Waals surface area contributed by atoms with Crippen LogP contribution in [0, 0.1) is 0 Å². The van der Waals surface area contributed by atoms with Crippen LogP contribution in [0.5, 0.6) is 0 Å². The molecule has 0 saturated carbocycles. The van der Waals surface area contributed by atoms with Crippen LogP contribution in [0.25, 0.3) is 0 Å². The van der Waals surface area contributed by atoms with E-state index in [2.05, 4.69) is 61.7 Å². The van der Waals surface area contributed by atoms with E-state index in [1.807, 2.05) is 6.08 Å². The zero-order valence-corrected chi connectivity index (χ0v) is 28.2. The van der Waals surface area contributed by atoms with E-state index in [4.69, 9.17) is 9.84 Å². The van der Waals surface area contributed by atoms with E-state index in [0.29, 0.717) is 12.8 Å². The van der Waals surface area contributed by atoms with Gasteiger partial charge in [-0.3, -0.25) is 14.4 Å². The fourth-order valence-corrected chi connectivity index (χ4v) is 4.89. The summed E-state index contributed by atoms with van der Waals surface area (Å²) in [5.41, 5.74) is 0. The predicted octanol–water partition coefficient (Wildman–Crippen LogP) is 10.3. The van der Waals surface area contributed by atoms with Crippen molar-refractivity contribution in [1.29, 1.82) is 0 Å². The Labute approximate surface area is 269 Å². The van der Waals surface area contributed by atoms with E-state index >= 15 is 0 Å². The van der Waals surface area contributed by atoms with Crippen LogP contribution in [-0.2, 0) is 19.1 Å². The molecule has 0 rings (SSSR count). The Bertz CT molecular complexity index is 814. The highest BCUT2D eigenvalue weighted by Crippen LogP contribution is 2.15. The molecule has 0 aliphatic heterocycles. The van der Waals surface area contributed by atoms with Gasteiger partial charge in [0.25, 0.3) is 0 Å². The first-order valence-corrected chi connectivity index (χ1v) is 17.8. The Morgan fingerprint density at radius 1 is 0.614 bits per heavy atom. The number of carbonyl (C=O) groups is 3. The Balaban J connectivity index is 4.36. The molecule has 252 valence electrons. The largest absolute Gasteiger partial charge is 0.480 e. The number of carboxylic acids is 1. The van der Waals surface area contributed by atoms with Crippen molar-refractivity contribution in [2.45, 2.75) is 168 Å². The molecule has 0 fully saturated rings. The second-order valence-electron chi connectivity index (χ2n) is 11.7. The fourth-order valence-electron chi connectivity index (χ4n) is 4.89. The van der Waals surface area contributed by atoms with E-state index < -0.39 is 5.97 Å². The van der Waals surface area contributed by atoms with Gasteiger partial charge in [-0.15, -0.1) is 0 Å². The number of hydrogen-bond donors (Lipinski definition) is 2. The quantitative estimate of drug-likeness (QED) is 0.0460. The molecule has 0 bridgehead atoms. The van der Waals surface area contributed by atoms with Crippen molar-refractivity contribution in [3.8, 4) is 0 Å². The van der Waals surface area contributed by atoms with Gasteiger partial charge in [0.05, 0.1) is 0 Å². The molecule has 2 N–H and O–H groups in total. The van der Waals surface area contributed by atoms with Crippen molar-refractivity contribution in [2.75, 3.05) is 6.54 Å². The number of allylic oxidation sites excluding steroid dienone is 7. The van der Waals surface area contributed by atoms with Gasteiger partial charge >= 0.3 is 11.9 Å². The van der Waals surface area contributed by atoms with Crippen molar-refractivity contribution in [1.82, 2.24) is 5.32 Å². The molecule has 6 nitrogen and oxygen atoms in total. The SMILES string of the molecule is CC/C=C\C/C=C\C/C=C\C/C=C\C(CCCCCCCC(=O)NCC(=O)O)OC(=O)CCCCCCCCCCCCC. The van der Waals surface area contributed by atoms with Crippen molar-refractivity contribution in [3.05, 3.63) is 48.6 Å². The lowest BCUT2D eigenvalue weighted by Crippen LogP contribution is -2.28. The van der Waals surface area contributed by atoms with Gasteiger partial charge in [-0.05, 0) is 57.4 Å². The number of carbonyl (C=O) groups excluding carboxylic acids is 2. The van der Waals surface area contributed by atoms with Gasteiger partial charge in [0.2, 0.25) is 5.91 Å². The van der Waals surface area contributed by atoms with Crippen LogP contribution in [0.3, 0.4) is 0 Å². The highest BCUT2D eigenvalue weighted by atomic mass is 16.5. The summed E-state index contributed by atoms with van der Waals surface area (Å²) in [6.07, 6.45) is 40.9. The topological polar surface area (TPSA) is 92.7 Å². The lowest BCUT2D eigenvalue weighted by atomic mass is 10.1. The number of aliphatic carboxylic acids is 1. The molecule has 1 amide bonds. The molecule has 0 spiro atoms. The fraction of sp³-hybridized carbons (Fsp3) is 0.711. The maximum atomic E-state index is 12.6. The van der Waals surface area contributed by atoms with Crippen LogP contribution in [0.15, 0.2) is 48.6 Å². The second-order valence-corrected chi connectivity index (χ2v) is 11.7. The van der Waals surface area contributed by atoms with Crippen LogP contribution in [-0.4, -0.2) is 35.6 Å². The lowest BCUT2D eigenvalue weighted by molar-refractivity contribution is -0.147. The van der Waals surface area contributed by atoms with E-state index in [0.717, 1.165) is 77.0 Å². The Morgan fingerprint density at radius 3 is 1.64 bits per heavy atom. The molecule has 0 aliphatic carbocycles. The molecule has 0 aromatic carbocycles. The van der Waals surface area contributed by atoms with Gasteiger partial charge in [-0.25, -0.2) is 0 Å². The van der Waals surface area contributed by atoms with E-state index in [-0.39, 0.29) is 24.5 Å². The summed E-state index contributed by atoms with van der Waals surface area (Å²) in [7, 11) is 0. The molecule has 1 unspecified atom stereocenters. The first-order chi connectivity index (χ1) is 21.5. The second kappa shape index (κ2) is 33.3. The van der Waals surface area contributed by atoms with Crippen LogP contribution < -0.4 is 5.32 Å². The molecular weight excluding hydrogens is 550 g/mol. The highest BCUT2D eigenvalue weighted by Gasteiger charge is 2.11. The minimum absolute atomic E-state index is 0.0965. The van der Waals surface area contributed by atoms with E-state index in [9.17, 15) is 14.4 Å². The average molecular weight is 616 g/mol. The monoisotopic (exact) mass is 615 g/mol. The zero-order chi connectivity index (χ0) is 32.4. The number of rotatable bonds is 31. The number of amides is 1. The minimum atomic E-state index is -1.03. The standard InChI is InChI=1S/C38H65NO5/c1-3-5-7-9-11-13-15-17-19-22-26-30-35(31-27-23-21-24-28-32-36(40)39-34-37(41)42)44-38(43)33-29-25-20-18-16-14-12-10-8-6-4-2/h5,7,11,13,17,19,26,30,35H,3-4,6,8-10,12,14-16,18,20-25,27-29,31-34H2,1-2H3,(H,39,40)(H,41,42)/b7-5-,13-11-,19-17-,30-26-. The number of ether oxygens (including phenoxy) is 1. The van der Waals surface area contributed by atoms with Gasteiger partial charge in [0.1, 0.15) is 12.6 Å². The smallest absolute Gasteiger partial charge is 0.322 e. The van der Waals surface area contributed by atoms with Crippen molar-refractivity contribution in [2.24, 2.45) is 0 Å². The minimum Gasteiger partial charge on any atom is -0.480 e. The molecule has 0 aliphatic rings. The van der Waals surface area contributed by atoms with Gasteiger partial charge in [-0.2, -0.15) is 0 Å². The summed E-state index contributed by atoms with van der Waals surface area (Å²) in [4.78, 5) is 34.8. The molecule has 0 heterocycles. The van der Waals surface area contributed by atoms with E-state index in [1.165, 1.54) is 57.8 Å².